The van der Waals surface area contributed by atoms with Crippen molar-refractivity contribution in [2.75, 3.05) is 7.11 Å². The number of ether oxygens (including phenoxy) is 5. The zero-order valence-corrected chi connectivity index (χ0v) is 24.4. The van der Waals surface area contributed by atoms with Crippen LogP contribution in [0.25, 0.3) is 0 Å². The number of hydrogen-bond donors (Lipinski definition) is 1. The molecule has 0 bridgehead atoms. The first-order valence-corrected chi connectivity index (χ1v) is 15.3. The molecule has 0 amide bonds. The Hall–Kier alpha value is -1.88. The molecule has 7 rings (SSSR count). The number of fused-ring (bicyclic) bond motifs is 6. The molecule has 3 saturated carbocycles. The number of ketones is 1. The Labute approximate surface area is 240 Å². The van der Waals surface area contributed by atoms with E-state index in [0.717, 1.165) is 56.9 Å². The van der Waals surface area contributed by atoms with Crippen LogP contribution >= 0.6 is 0 Å². The summed E-state index contributed by atoms with van der Waals surface area (Å²) in [7, 11) is 1.48. The van der Waals surface area contributed by atoms with Gasteiger partial charge < -0.3 is 33.2 Å². The quantitative estimate of drug-likeness (QED) is 0.532. The molecule has 12 atom stereocenters. The predicted molar refractivity (Wildman–Crippen MR) is 146 cm³/mol. The zero-order chi connectivity index (χ0) is 28.7. The normalized spacial score (nSPS) is 49.0. The summed E-state index contributed by atoms with van der Waals surface area (Å²) in [5, 5.41) is 12.5. The number of methoxy groups -OCH3 is 1. The molecule has 3 heterocycles. The molecule has 0 radical (unpaired) electrons. The largest absolute Gasteiger partial charge is 0.431 e. The minimum Gasteiger partial charge on any atom is -0.431 e. The molecular weight excluding hydrogens is 528 g/mol. The Morgan fingerprint density at radius 3 is 2.56 bits per heavy atom. The monoisotopic (exact) mass is 570 g/mol. The molecule has 9 nitrogen and oxygen atoms in total. The lowest BCUT2D eigenvalue weighted by atomic mass is 9.45. The Bertz CT molecular complexity index is 1270. The van der Waals surface area contributed by atoms with Gasteiger partial charge in [-0.15, -0.1) is 0 Å². The van der Waals surface area contributed by atoms with E-state index < -0.39 is 36.7 Å². The molecule has 4 unspecified atom stereocenters. The van der Waals surface area contributed by atoms with Crippen molar-refractivity contribution >= 4 is 5.78 Å². The van der Waals surface area contributed by atoms with Crippen LogP contribution in [0.2, 0.25) is 0 Å². The van der Waals surface area contributed by atoms with Crippen molar-refractivity contribution in [2.45, 2.75) is 121 Å². The highest BCUT2D eigenvalue weighted by molar-refractivity contribution is 5.88. The summed E-state index contributed by atoms with van der Waals surface area (Å²) in [5.74, 6) is 0.650. The number of carbonyl (C=O) groups excluding carboxylic acids is 1. The molecule has 1 aromatic heterocycles. The number of hydrogen-bond acceptors (Lipinski definition) is 9. The second-order valence-electron chi connectivity index (χ2n) is 13.7. The van der Waals surface area contributed by atoms with Crippen molar-refractivity contribution in [3.05, 3.63) is 46.0 Å². The summed E-state index contributed by atoms with van der Waals surface area (Å²) >= 11 is 0. The molecule has 41 heavy (non-hydrogen) atoms. The highest BCUT2D eigenvalue weighted by Crippen LogP contribution is 2.70. The number of rotatable bonds is 4. The van der Waals surface area contributed by atoms with Crippen LogP contribution in [0.5, 0.6) is 0 Å². The fourth-order valence-electron chi connectivity index (χ4n) is 9.71. The highest BCUT2D eigenvalue weighted by atomic mass is 16.9. The minimum atomic E-state index is -0.907. The molecule has 5 fully saturated rings. The first-order valence-electron chi connectivity index (χ1n) is 15.3. The maximum absolute atomic E-state index is 12.6. The van der Waals surface area contributed by atoms with Crippen LogP contribution in [0.4, 0.5) is 0 Å². The van der Waals surface area contributed by atoms with Gasteiger partial charge in [0.15, 0.2) is 18.2 Å². The SMILES string of the molecule is COC1O[C@@H]2C(=O)[C@H](C)OC(O[C@@H]3C=C4CCC5C(CC[C@]6(C)[C@@H](c7ccc(=O)oc7)CC[C@]56O)[C@@]4(C)CC3)[C@@H]2O1. The third-order valence-corrected chi connectivity index (χ3v) is 12.0. The molecule has 2 aliphatic heterocycles. The van der Waals surface area contributed by atoms with Crippen molar-refractivity contribution in [3.63, 3.8) is 0 Å². The molecule has 1 N–H and O–H groups in total. The van der Waals surface area contributed by atoms with Gasteiger partial charge in [-0.05, 0) is 93.1 Å². The Morgan fingerprint density at radius 1 is 0.976 bits per heavy atom. The third-order valence-electron chi connectivity index (χ3n) is 12.0. The molecular formula is C32H42O9. The molecule has 0 aromatic carbocycles. The van der Waals surface area contributed by atoms with E-state index in [1.54, 1.807) is 13.2 Å². The van der Waals surface area contributed by atoms with Crippen LogP contribution < -0.4 is 5.63 Å². The summed E-state index contributed by atoms with van der Waals surface area (Å²) in [6.45, 7) is 5.46. The van der Waals surface area contributed by atoms with Gasteiger partial charge in [0, 0.05) is 18.6 Å². The van der Waals surface area contributed by atoms with Crippen LogP contribution in [0.1, 0.15) is 83.6 Å². The van der Waals surface area contributed by atoms with Crippen molar-refractivity contribution in [1.29, 1.82) is 0 Å². The van der Waals surface area contributed by atoms with E-state index in [1.807, 2.05) is 6.07 Å². The predicted octanol–water partition coefficient (Wildman–Crippen LogP) is 4.21. The fourth-order valence-corrected chi connectivity index (χ4v) is 9.71. The number of allylic oxidation sites excluding steroid dienone is 1. The highest BCUT2D eigenvalue weighted by Gasteiger charge is 2.66. The minimum absolute atomic E-state index is 0.00476. The van der Waals surface area contributed by atoms with Gasteiger partial charge in [-0.25, -0.2) is 4.79 Å². The van der Waals surface area contributed by atoms with Gasteiger partial charge in [0.2, 0.25) is 0 Å². The van der Waals surface area contributed by atoms with Crippen molar-refractivity contribution in [2.24, 2.45) is 22.7 Å². The number of Topliss-reactive ketones (excluding diaryl/α,β-unsaturated/α-hetero) is 1. The standard InChI is InChI=1S/C32H42O9/c1-17-25(34)26-27(41-29(36-4)40-26)28(38-17)39-20-9-12-30(2)19(15-20)6-7-23-22(30)10-13-31(3)21(11-14-32(23,31)35)18-5-8-24(33)37-16-18/h5,8,15-17,20-23,26-29,35H,6-7,9-14H2,1-4H3/t17-,20-,21+,22?,23?,26+,27+,28?,29?,30-,31+,32-/m0/s1. The lowest BCUT2D eigenvalue weighted by Gasteiger charge is -2.62. The summed E-state index contributed by atoms with van der Waals surface area (Å²) < 4.78 is 34.3. The molecule has 4 aliphatic carbocycles. The van der Waals surface area contributed by atoms with Gasteiger partial charge in [-0.1, -0.05) is 25.5 Å². The van der Waals surface area contributed by atoms with E-state index in [0.29, 0.717) is 5.92 Å². The van der Waals surface area contributed by atoms with Crippen LogP contribution in [-0.2, 0) is 28.5 Å². The summed E-state index contributed by atoms with van der Waals surface area (Å²) in [6, 6.07) is 3.39. The van der Waals surface area contributed by atoms with Gasteiger partial charge >= 0.3 is 5.63 Å². The molecule has 6 aliphatic rings. The van der Waals surface area contributed by atoms with Crippen molar-refractivity contribution < 1.29 is 38.0 Å². The summed E-state index contributed by atoms with van der Waals surface area (Å²) in [4.78, 5) is 24.2. The van der Waals surface area contributed by atoms with Crippen LogP contribution in [0.15, 0.2) is 39.3 Å². The third kappa shape index (κ3) is 4.10. The number of aliphatic hydroxyl groups is 1. The van der Waals surface area contributed by atoms with Gasteiger partial charge in [-0.3, -0.25) is 4.79 Å². The maximum Gasteiger partial charge on any atom is 0.335 e. The maximum atomic E-state index is 12.6. The van der Waals surface area contributed by atoms with Gasteiger partial charge in [0.05, 0.1) is 18.0 Å². The molecule has 1 aromatic rings. The Kier molecular flexibility index (Phi) is 6.69. The van der Waals surface area contributed by atoms with Gasteiger partial charge in [0.1, 0.15) is 12.2 Å². The first-order chi connectivity index (χ1) is 19.6. The molecule has 2 saturated heterocycles. The smallest absolute Gasteiger partial charge is 0.335 e. The fraction of sp³-hybridized carbons (Fsp3) is 0.750. The molecule has 9 heteroatoms. The van der Waals surface area contributed by atoms with Gasteiger partial charge in [0.25, 0.3) is 6.48 Å². The van der Waals surface area contributed by atoms with Gasteiger partial charge in [-0.2, -0.15) is 0 Å². The van der Waals surface area contributed by atoms with Crippen molar-refractivity contribution in [1.82, 2.24) is 0 Å². The summed E-state index contributed by atoms with van der Waals surface area (Å²) in [6.07, 6.45) is 8.33. The van der Waals surface area contributed by atoms with E-state index >= 15 is 0 Å². The topological polar surface area (TPSA) is 114 Å². The van der Waals surface area contributed by atoms with E-state index in [9.17, 15) is 14.7 Å². The zero-order valence-electron chi connectivity index (χ0n) is 24.4. The van der Waals surface area contributed by atoms with Crippen LogP contribution in [-0.4, -0.2) is 60.8 Å². The Balaban J connectivity index is 1.10. The van der Waals surface area contributed by atoms with Crippen molar-refractivity contribution in [3.8, 4) is 0 Å². The summed E-state index contributed by atoms with van der Waals surface area (Å²) in [5.41, 5.74) is 1.11. The second kappa shape index (κ2) is 9.82. The number of carbonyl (C=O) groups is 1. The lowest BCUT2D eigenvalue weighted by Crippen LogP contribution is -2.60. The lowest BCUT2D eigenvalue weighted by molar-refractivity contribution is -0.267. The van der Waals surface area contributed by atoms with E-state index in [2.05, 4.69) is 19.9 Å². The van der Waals surface area contributed by atoms with E-state index in [-0.39, 0.29) is 40.2 Å². The van der Waals surface area contributed by atoms with E-state index in [1.165, 1.54) is 18.7 Å². The first kappa shape index (κ1) is 27.9. The Morgan fingerprint density at radius 2 is 1.80 bits per heavy atom. The average molecular weight is 571 g/mol. The molecule has 0 spiro atoms. The average Bonchev–Trinajstić information content (AvgIpc) is 3.52. The van der Waals surface area contributed by atoms with Crippen LogP contribution in [0, 0.1) is 22.7 Å². The second-order valence-corrected chi connectivity index (χ2v) is 13.7. The van der Waals surface area contributed by atoms with E-state index in [4.69, 9.17) is 28.1 Å². The molecule has 224 valence electrons. The van der Waals surface area contributed by atoms with Crippen LogP contribution in [0.3, 0.4) is 0 Å².